The molecule has 1 aromatic carbocycles. The predicted molar refractivity (Wildman–Crippen MR) is 95.5 cm³/mol. The molecule has 0 bridgehead atoms. The van der Waals surface area contributed by atoms with E-state index >= 15 is 0 Å². The molecule has 2 N–H and O–H groups in total. The van der Waals surface area contributed by atoms with E-state index in [4.69, 9.17) is 11.6 Å². The average molecular weight is 335 g/mol. The molecule has 0 fully saturated rings. The fourth-order valence-electron chi connectivity index (χ4n) is 2.31. The number of benzene rings is 1. The van der Waals surface area contributed by atoms with E-state index in [1.165, 1.54) is 0 Å². The second-order valence-corrected chi connectivity index (χ2v) is 6.30. The Morgan fingerprint density at radius 3 is 2.57 bits per heavy atom. The third kappa shape index (κ3) is 5.37. The van der Waals surface area contributed by atoms with Crippen LogP contribution < -0.4 is 10.9 Å². The van der Waals surface area contributed by atoms with Gasteiger partial charge in [-0.3, -0.25) is 9.78 Å². The van der Waals surface area contributed by atoms with Gasteiger partial charge in [-0.1, -0.05) is 23.7 Å². The van der Waals surface area contributed by atoms with Gasteiger partial charge < -0.3 is 10.2 Å². The largest absolute Gasteiger partial charge is 0.356 e. The van der Waals surface area contributed by atoms with Crippen molar-refractivity contribution < 1.29 is 0 Å². The van der Waals surface area contributed by atoms with Crippen LogP contribution in [0.15, 0.2) is 29.1 Å². The Bertz CT molecular complexity index is 695. The lowest BCUT2D eigenvalue weighted by atomic mass is 10.1. The Morgan fingerprint density at radius 2 is 1.96 bits per heavy atom. The average Bonchev–Trinajstić information content (AvgIpc) is 2.49. The minimum atomic E-state index is -0.0949. The number of halogens is 1. The molecule has 0 unspecified atom stereocenters. The lowest BCUT2D eigenvalue weighted by Crippen LogP contribution is -2.21. The van der Waals surface area contributed by atoms with E-state index < -0.39 is 0 Å². The van der Waals surface area contributed by atoms with Gasteiger partial charge in [-0.25, -0.2) is 4.98 Å². The minimum Gasteiger partial charge on any atom is -0.356 e. The molecule has 23 heavy (non-hydrogen) atoms. The van der Waals surface area contributed by atoms with Crippen molar-refractivity contribution in [1.29, 1.82) is 0 Å². The molecule has 0 spiro atoms. The summed E-state index contributed by atoms with van der Waals surface area (Å²) < 4.78 is 0. The lowest BCUT2D eigenvalue weighted by Gasteiger charge is -2.11. The topological polar surface area (TPSA) is 61.0 Å². The lowest BCUT2D eigenvalue weighted by molar-refractivity contribution is 0.405. The maximum atomic E-state index is 12.3. The van der Waals surface area contributed by atoms with Gasteiger partial charge in [0, 0.05) is 23.6 Å². The predicted octanol–water partition coefficient (Wildman–Crippen LogP) is 2.69. The molecule has 124 valence electrons. The first-order valence-corrected chi connectivity index (χ1v) is 8.06. The normalized spacial score (nSPS) is 11.0. The molecule has 2 aromatic rings. The zero-order chi connectivity index (χ0) is 16.8. The van der Waals surface area contributed by atoms with Gasteiger partial charge in [-0.05, 0) is 51.7 Å². The van der Waals surface area contributed by atoms with E-state index in [1.807, 2.05) is 45.3 Å². The molecular weight excluding hydrogens is 312 g/mol. The van der Waals surface area contributed by atoms with Crippen molar-refractivity contribution in [2.45, 2.75) is 19.8 Å². The molecular formula is C17H23ClN4O. The second kappa shape index (κ2) is 8.13. The number of aromatic amines is 1. The summed E-state index contributed by atoms with van der Waals surface area (Å²) >= 11 is 5.89. The first kappa shape index (κ1) is 17.5. The summed E-state index contributed by atoms with van der Waals surface area (Å²) in [6, 6.07) is 7.51. The van der Waals surface area contributed by atoms with Crippen LogP contribution in [0.4, 0.5) is 5.95 Å². The number of anilines is 1. The standard InChI is InChI=1S/C17H23ClN4O/c1-12-15(11-13-5-7-14(18)8-6-13)16(23)21-17(20-12)19-9-4-10-22(2)3/h5-8H,4,9-11H2,1-3H3,(H2,19,20,21,23). The van der Waals surface area contributed by atoms with Gasteiger partial charge in [-0.15, -0.1) is 0 Å². The van der Waals surface area contributed by atoms with Crippen molar-refractivity contribution >= 4 is 17.5 Å². The Kier molecular flexibility index (Phi) is 6.19. The van der Waals surface area contributed by atoms with Crippen LogP contribution >= 0.6 is 11.6 Å². The molecule has 1 heterocycles. The molecule has 0 aliphatic rings. The van der Waals surface area contributed by atoms with Crippen LogP contribution in [0.2, 0.25) is 5.02 Å². The summed E-state index contributed by atoms with van der Waals surface area (Å²) in [5, 5.41) is 3.86. The summed E-state index contributed by atoms with van der Waals surface area (Å²) in [4.78, 5) is 21.7. The number of nitrogens with zero attached hydrogens (tertiary/aromatic N) is 2. The Balaban J connectivity index is 2.05. The molecule has 0 aliphatic heterocycles. The number of hydrogen-bond acceptors (Lipinski definition) is 4. The quantitative estimate of drug-likeness (QED) is 0.764. The van der Waals surface area contributed by atoms with Crippen LogP contribution in [0, 0.1) is 6.92 Å². The number of aromatic nitrogens is 2. The van der Waals surface area contributed by atoms with Gasteiger partial charge in [0.25, 0.3) is 5.56 Å². The summed E-state index contributed by atoms with van der Waals surface area (Å²) in [5.41, 5.74) is 2.38. The maximum absolute atomic E-state index is 12.3. The first-order valence-electron chi connectivity index (χ1n) is 7.68. The smallest absolute Gasteiger partial charge is 0.256 e. The monoisotopic (exact) mass is 334 g/mol. The molecule has 0 saturated carbocycles. The highest BCUT2D eigenvalue weighted by Gasteiger charge is 2.09. The highest BCUT2D eigenvalue weighted by molar-refractivity contribution is 6.30. The molecule has 2 rings (SSSR count). The fourth-order valence-corrected chi connectivity index (χ4v) is 2.44. The van der Waals surface area contributed by atoms with Crippen LogP contribution in [-0.2, 0) is 6.42 Å². The third-order valence-electron chi connectivity index (χ3n) is 3.59. The van der Waals surface area contributed by atoms with E-state index in [0.717, 1.165) is 30.8 Å². The van der Waals surface area contributed by atoms with Crippen LogP contribution in [0.5, 0.6) is 0 Å². The van der Waals surface area contributed by atoms with Crippen molar-refractivity contribution in [3.8, 4) is 0 Å². The third-order valence-corrected chi connectivity index (χ3v) is 3.84. The fraction of sp³-hybridized carbons (Fsp3) is 0.412. The maximum Gasteiger partial charge on any atom is 0.256 e. The van der Waals surface area contributed by atoms with E-state index in [2.05, 4.69) is 20.2 Å². The minimum absolute atomic E-state index is 0.0949. The molecule has 0 radical (unpaired) electrons. The van der Waals surface area contributed by atoms with Crippen LogP contribution in [0.1, 0.15) is 23.2 Å². The van der Waals surface area contributed by atoms with Gasteiger partial charge >= 0.3 is 0 Å². The highest BCUT2D eigenvalue weighted by Crippen LogP contribution is 2.13. The first-order chi connectivity index (χ1) is 11.0. The van der Waals surface area contributed by atoms with Crippen molar-refractivity contribution in [1.82, 2.24) is 14.9 Å². The van der Waals surface area contributed by atoms with Crippen molar-refractivity contribution in [2.75, 3.05) is 32.5 Å². The Hall–Kier alpha value is -1.85. The number of hydrogen-bond donors (Lipinski definition) is 2. The van der Waals surface area contributed by atoms with E-state index in [0.29, 0.717) is 23.0 Å². The van der Waals surface area contributed by atoms with Gasteiger partial charge in [0.15, 0.2) is 0 Å². The second-order valence-electron chi connectivity index (χ2n) is 5.87. The highest BCUT2D eigenvalue weighted by atomic mass is 35.5. The Morgan fingerprint density at radius 1 is 1.26 bits per heavy atom. The zero-order valence-corrected chi connectivity index (χ0v) is 14.6. The summed E-state index contributed by atoms with van der Waals surface area (Å²) in [7, 11) is 4.08. The van der Waals surface area contributed by atoms with Gasteiger partial charge in [0.05, 0.1) is 5.69 Å². The van der Waals surface area contributed by atoms with Crippen LogP contribution in [0.25, 0.3) is 0 Å². The van der Waals surface area contributed by atoms with E-state index in [1.54, 1.807) is 0 Å². The van der Waals surface area contributed by atoms with Crippen molar-refractivity contribution in [3.63, 3.8) is 0 Å². The SMILES string of the molecule is Cc1nc(NCCCN(C)C)[nH]c(=O)c1Cc1ccc(Cl)cc1. The molecule has 5 nitrogen and oxygen atoms in total. The van der Waals surface area contributed by atoms with Crippen molar-refractivity contribution in [3.05, 3.63) is 56.5 Å². The number of H-pyrrole nitrogens is 1. The molecule has 0 amide bonds. The summed E-state index contributed by atoms with van der Waals surface area (Å²) in [6.45, 7) is 3.63. The van der Waals surface area contributed by atoms with Gasteiger partial charge in [-0.2, -0.15) is 0 Å². The zero-order valence-electron chi connectivity index (χ0n) is 13.8. The molecule has 6 heteroatoms. The van der Waals surface area contributed by atoms with Crippen molar-refractivity contribution in [2.24, 2.45) is 0 Å². The van der Waals surface area contributed by atoms with Gasteiger partial charge in [0.1, 0.15) is 0 Å². The molecule has 1 aromatic heterocycles. The Labute approximate surface area is 141 Å². The molecule has 0 saturated heterocycles. The molecule has 0 atom stereocenters. The summed E-state index contributed by atoms with van der Waals surface area (Å²) in [6.07, 6.45) is 1.54. The summed E-state index contributed by atoms with van der Waals surface area (Å²) in [5.74, 6) is 0.533. The van der Waals surface area contributed by atoms with Crippen LogP contribution in [0.3, 0.4) is 0 Å². The van der Waals surface area contributed by atoms with E-state index in [9.17, 15) is 4.79 Å². The number of rotatable bonds is 7. The van der Waals surface area contributed by atoms with Gasteiger partial charge in [0.2, 0.25) is 5.95 Å². The van der Waals surface area contributed by atoms with E-state index in [-0.39, 0.29) is 5.56 Å². The number of aryl methyl sites for hydroxylation is 1. The van der Waals surface area contributed by atoms with Crippen LogP contribution in [-0.4, -0.2) is 42.1 Å². The number of nitrogens with one attached hydrogen (secondary N) is 2. The molecule has 0 aliphatic carbocycles.